The van der Waals surface area contributed by atoms with Crippen molar-refractivity contribution in [2.45, 2.75) is 12.8 Å². The Morgan fingerprint density at radius 3 is 2.83 bits per heavy atom. The third-order valence-electron chi connectivity index (χ3n) is 4.52. The number of carbonyl (C=O) groups is 2. The summed E-state index contributed by atoms with van der Waals surface area (Å²) >= 11 is 12.1. The van der Waals surface area contributed by atoms with Crippen molar-refractivity contribution in [3.8, 4) is 11.3 Å². The number of benzene rings is 2. The zero-order valence-corrected chi connectivity index (χ0v) is 17.2. The molecule has 0 saturated carbocycles. The third kappa shape index (κ3) is 4.58. The minimum absolute atomic E-state index is 0.185. The van der Waals surface area contributed by atoms with Crippen LogP contribution in [0.1, 0.15) is 12.3 Å². The van der Waals surface area contributed by atoms with Crippen molar-refractivity contribution in [1.82, 2.24) is 4.98 Å². The topological polar surface area (TPSA) is 84.7 Å². The molecule has 7 nitrogen and oxygen atoms in total. The average Bonchev–Trinajstić information content (AvgIpc) is 3.35. The average molecular weight is 446 g/mol. The van der Waals surface area contributed by atoms with E-state index in [1.807, 2.05) is 0 Å². The van der Waals surface area contributed by atoms with Gasteiger partial charge < -0.3 is 14.5 Å². The SMILES string of the molecule is O=C(CCc1ncc(-c2ccc(Cl)cc2Cl)o1)Nc1cccc(N2CCOC2=O)c1. The number of oxazole rings is 1. The van der Waals surface area contributed by atoms with Gasteiger partial charge in [0.25, 0.3) is 0 Å². The fraction of sp³-hybridized carbons (Fsp3) is 0.190. The minimum atomic E-state index is -0.390. The second-order valence-corrected chi connectivity index (χ2v) is 7.45. The van der Waals surface area contributed by atoms with Crippen LogP contribution >= 0.6 is 23.2 Å². The van der Waals surface area contributed by atoms with E-state index >= 15 is 0 Å². The molecule has 154 valence electrons. The summed E-state index contributed by atoms with van der Waals surface area (Å²) in [7, 11) is 0. The molecule has 30 heavy (non-hydrogen) atoms. The Kier molecular flexibility index (Phi) is 5.92. The molecule has 1 N–H and O–H groups in total. The van der Waals surface area contributed by atoms with Gasteiger partial charge in [0.15, 0.2) is 11.7 Å². The summed E-state index contributed by atoms with van der Waals surface area (Å²) in [5, 5.41) is 3.82. The molecule has 9 heteroatoms. The molecule has 1 aliphatic rings. The summed E-state index contributed by atoms with van der Waals surface area (Å²) < 4.78 is 10.7. The highest BCUT2D eigenvalue weighted by Gasteiger charge is 2.23. The smallest absolute Gasteiger partial charge is 0.414 e. The van der Waals surface area contributed by atoms with Gasteiger partial charge in [0, 0.05) is 34.8 Å². The van der Waals surface area contributed by atoms with Crippen LogP contribution in [0.4, 0.5) is 16.2 Å². The molecule has 0 unspecified atom stereocenters. The van der Waals surface area contributed by atoms with Crippen molar-refractivity contribution >= 4 is 46.6 Å². The molecule has 0 bridgehead atoms. The monoisotopic (exact) mass is 445 g/mol. The normalized spacial score (nSPS) is 13.4. The highest BCUT2D eigenvalue weighted by Crippen LogP contribution is 2.31. The van der Waals surface area contributed by atoms with Gasteiger partial charge in [-0.15, -0.1) is 0 Å². The number of hydrogen-bond donors (Lipinski definition) is 1. The maximum Gasteiger partial charge on any atom is 0.414 e. The molecule has 4 rings (SSSR count). The number of anilines is 2. The number of cyclic esters (lactones) is 1. The van der Waals surface area contributed by atoms with E-state index in [1.54, 1.807) is 48.7 Å². The van der Waals surface area contributed by atoms with Crippen LogP contribution in [-0.2, 0) is 16.0 Å². The van der Waals surface area contributed by atoms with E-state index in [0.717, 1.165) is 0 Å². The Morgan fingerprint density at radius 1 is 1.20 bits per heavy atom. The maximum atomic E-state index is 12.3. The van der Waals surface area contributed by atoms with E-state index in [0.29, 0.717) is 58.2 Å². The van der Waals surface area contributed by atoms with Gasteiger partial charge in [0.2, 0.25) is 5.91 Å². The van der Waals surface area contributed by atoms with Gasteiger partial charge in [-0.3, -0.25) is 9.69 Å². The van der Waals surface area contributed by atoms with Crippen LogP contribution < -0.4 is 10.2 Å². The fourth-order valence-corrected chi connectivity index (χ4v) is 3.56. The first kappa shape index (κ1) is 20.3. The maximum absolute atomic E-state index is 12.3. The quantitative estimate of drug-likeness (QED) is 0.564. The van der Waals surface area contributed by atoms with E-state index in [2.05, 4.69) is 10.3 Å². The zero-order valence-electron chi connectivity index (χ0n) is 15.7. The van der Waals surface area contributed by atoms with E-state index < -0.39 is 0 Å². The Morgan fingerprint density at radius 2 is 2.07 bits per heavy atom. The zero-order chi connectivity index (χ0) is 21.1. The van der Waals surface area contributed by atoms with Gasteiger partial charge in [-0.25, -0.2) is 9.78 Å². The summed E-state index contributed by atoms with van der Waals surface area (Å²) in [6.07, 6.45) is 1.69. The molecule has 2 heterocycles. The van der Waals surface area contributed by atoms with E-state index in [-0.39, 0.29) is 18.4 Å². The lowest BCUT2D eigenvalue weighted by molar-refractivity contribution is -0.116. The van der Waals surface area contributed by atoms with Crippen LogP contribution in [0.5, 0.6) is 0 Å². The number of hydrogen-bond acceptors (Lipinski definition) is 5. The van der Waals surface area contributed by atoms with Gasteiger partial charge >= 0.3 is 6.09 Å². The van der Waals surface area contributed by atoms with Gasteiger partial charge in [-0.05, 0) is 36.4 Å². The minimum Gasteiger partial charge on any atom is -0.447 e. The molecule has 0 spiro atoms. The molecular formula is C21H17Cl2N3O4. The van der Waals surface area contributed by atoms with Gasteiger partial charge in [0.1, 0.15) is 6.61 Å². The second-order valence-electron chi connectivity index (χ2n) is 6.61. The van der Waals surface area contributed by atoms with Crippen molar-refractivity contribution in [3.63, 3.8) is 0 Å². The fourth-order valence-electron chi connectivity index (χ4n) is 3.06. The van der Waals surface area contributed by atoms with Crippen molar-refractivity contribution in [2.24, 2.45) is 0 Å². The van der Waals surface area contributed by atoms with Crippen LogP contribution in [0.25, 0.3) is 11.3 Å². The van der Waals surface area contributed by atoms with Gasteiger partial charge in [-0.2, -0.15) is 0 Å². The summed E-state index contributed by atoms with van der Waals surface area (Å²) in [5.41, 5.74) is 1.95. The third-order valence-corrected chi connectivity index (χ3v) is 5.07. The van der Waals surface area contributed by atoms with E-state index in [1.165, 1.54) is 4.90 Å². The van der Waals surface area contributed by atoms with Crippen LogP contribution in [0.15, 0.2) is 53.1 Å². The van der Waals surface area contributed by atoms with Crippen molar-refractivity contribution in [2.75, 3.05) is 23.4 Å². The number of aromatic nitrogens is 1. The molecule has 2 aromatic carbocycles. The highest BCUT2D eigenvalue weighted by atomic mass is 35.5. The van der Waals surface area contributed by atoms with Gasteiger partial charge in [-0.1, -0.05) is 29.3 Å². The molecule has 1 aromatic heterocycles. The molecule has 2 amide bonds. The lowest BCUT2D eigenvalue weighted by atomic mass is 10.2. The molecular weight excluding hydrogens is 429 g/mol. The molecule has 0 atom stereocenters. The molecule has 0 radical (unpaired) electrons. The number of rotatable bonds is 6. The van der Waals surface area contributed by atoms with Crippen molar-refractivity contribution in [3.05, 3.63) is 64.6 Å². The number of nitrogens with zero attached hydrogens (tertiary/aromatic N) is 2. The Hall–Kier alpha value is -3.03. The molecule has 1 fully saturated rings. The number of ether oxygens (including phenoxy) is 1. The highest BCUT2D eigenvalue weighted by molar-refractivity contribution is 6.36. The summed E-state index contributed by atoms with van der Waals surface area (Å²) in [5.74, 6) is 0.748. The lowest BCUT2D eigenvalue weighted by Crippen LogP contribution is -2.23. The Bertz CT molecular complexity index is 1100. The molecule has 1 saturated heterocycles. The predicted molar refractivity (Wildman–Crippen MR) is 114 cm³/mol. The number of nitrogens with one attached hydrogen (secondary N) is 1. The predicted octanol–water partition coefficient (Wildman–Crippen LogP) is 5.18. The van der Waals surface area contributed by atoms with Crippen LogP contribution in [-0.4, -0.2) is 30.1 Å². The summed E-state index contributed by atoms with van der Waals surface area (Å²) in [6, 6.07) is 12.2. The first-order valence-corrected chi connectivity index (χ1v) is 9.99. The number of carbonyl (C=O) groups excluding carboxylic acids is 2. The van der Waals surface area contributed by atoms with Crippen LogP contribution in [0.2, 0.25) is 10.0 Å². The Balaban J connectivity index is 1.35. The molecule has 1 aliphatic heterocycles. The number of aryl methyl sites for hydroxylation is 1. The van der Waals surface area contributed by atoms with Gasteiger partial charge in [0.05, 0.1) is 17.8 Å². The Labute approximate surface area is 182 Å². The second kappa shape index (κ2) is 8.77. The lowest BCUT2D eigenvalue weighted by Gasteiger charge is -2.14. The van der Waals surface area contributed by atoms with Crippen molar-refractivity contribution < 1.29 is 18.7 Å². The summed E-state index contributed by atoms with van der Waals surface area (Å²) in [4.78, 5) is 29.8. The van der Waals surface area contributed by atoms with E-state index in [9.17, 15) is 9.59 Å². The number of amides is 2. The number of halogens is 2. The van der Waals surface area contributed by atoms with Crippen LogP contribution in [0, 0.1) is 0 Å². The van der Waals surface area contributed by atoms with E-state index in [4.69, 9.17) is 32.4 Å². The molecule has 0 aliphatic carbocycles. The van der Waals surface area contributed by atoms with Crippen LogP contribution in [0.3, 0.4) is 0 Å². The largest absolute Gasteiger partial charge is 0.447 e. The summed E-state index contributed by atoms with van der Waals surface area (Å²) in [6.45, 7) is 0.842. The molecule has 3 aromatic rings. The standard InChI is InChI=1S/C21H17Cl2N3O4/c22-13-4-5-16(17(23)10-13)18-12-24-20(30-18)7-6-19(27)25-14-2-1-3-15(11-14)26-8-9-29-21(26)28/h1-5,10-12H,6-9H2,(H,25,27). The first-order chi connectivity index (χ1) is 14.5. The first-order valence-electron chi connectivity index (χ1n) is 9.24. The van der Waals surface area contributed by atoms with Crippen molar-refractivity contribution in [1.29, 1.82) is 0 Å².